The van der Waals surface area contributed by atoms with Crippen LogP contribution in [0.25, 0.3) is 0 Å². The number of hydrogen-bond donors (Lipinski definition) is 1. The van der Waals surface area contributed by atoms with Gasteiger partial charge >= 0.3 is 6.03 Å². The van der Waals surface area contributed by atoms with Gasteiger partial charge in [-0.25, -0.2) is 9.18 Å². The maximum absolute atomic E-state index is 14.0. The van der Waals surface area contributed by atoms with Crippen molar-refractivity contribution in [1.29, 1.82) is 0 Å². The highest BCUT2D eigenvalue weighted by molar-refractivity contribution is 5.94. The number of amides is 3. The van der Waals surface area contributed by atoms with Gasteiger partial charge in [-0.1, -0.05) is 35.5 Å². The van der Waals surface area contributed by atoms with Gasteiger partial charge in [0.1, 0.15) is 5.82 Å². The molecule has 2 atom stereocenters. The molecule has 3 aromatic rings. The number of aryl methyl sites for hydroxylation is 1. The van der Waals surface area contributed by atoms with Gasteiger partial charge in [-0.2, -0.15) is 4.98 Å². The van der Waals surface area contributed by atoms with Crippen LogP contribution in [0.2, 0.25) is 0 Å². The van der Waals surface area contributed by atoms with Crippen LogP contribution in [0.1, 0.15) is 22.1 Å². The predicted octanol–water partition coefficient (Wildman–Crippen LogP) is 3.07. The summed E-state index contributed by atoms with van der Waals surface area (Å²) in [6, 6.07) is 14.7. The number of nitrogens with zero attached hydrogens (tertiary/aromatic N) is 4. The van der Waals surface area contributed by atoms with Crippen molar-refractivity contribution in [1.82, 2.24) is 19.9 Å². The largest absolute Gasteiger partial charge is 0.339 e. The topological polar surface area (TPSA) is 91.6 Å². The molecule has 0 bridgehead atoms. The molecular formula is C23H22FN5O3. The lowest BCUT2D eigenvalue weighted by Crippen LogP contribution is -2.42. The minimum atomic E-state index is -0.668. The number of para-hydroxylation sites is 1. The summed E-state index contributed by atoms with van der Waals surface area (Å²) in [6.07, 6.45) is 0. The zero-order valence-electron chi connectivity index (χ0n) is 17.5. The van der Waals surface area contributed by atoms with Gasteiger partial charge in [-0.05, 0) is 31.2 Å². The van der Waals surface area contributed by atoms with Gasteiger partial charge in [-0.15, -0.1) is 0 Å². The molecule has 2 saturated heterocycles. The quantitative estimate of drug-likeness (QED) is 0.683. The molecule has 2 aromatic carbocycles. The average Bonchev–Trinajstić information content (AvgIpc) is 3.48. The first-order valence-electron chi connectivity index (χ1n) is 10.4. The van der Waals surface area contributed by atoms with Crippen LogP contribution in [0.15, 0.2) is 59.1 Å². The summed E-state index contributed by atoms with van der Waals surface area (Å²) in [5, 5.41) is 6.58. The molecule has 0 spiro atoms. The summed E-state index contributed by atoms with van der Waals surface area (Å²) < 4.78 is 19.5. The lowest BCUT2D eigenvalue weighted by Gasteiger charge is -2.26. The highest BCUT2D eigenvalue weighted by Gasteiger charge is 2.58. The SMILES string of the molecule is Cc1noc([C@]23CN(C(=O)Nc4ccccc4F)C[C@H]2CN(C(=O)c2ccccc2)C3)n1. The second-order valence-corrected chi connectivity index (χ2v) is 8.34. The fraction of sp³-hybridized carbons (Fsp3) is 0.304. The Balaban J connectivity index is 1.40. The molecule has 32 heavy (non-hydrogen) atoms. The molecule has 9 heteroatoms. The molecule has 8 nitrogen and oxygen atoms in total. The molecule has 3 amide bonds. The van der Waals surface area contributed by atoms with Crippen molar-refractivity contribution in [2.24, 2.45) is 5.92 Å². The standard InChI is InChI=1S/C23H22FN5O3/c1-15-25-21(32-27-15)23-13-28(20(30)16-7-3-2-4-8-16)11-17(23)12-29(14-23)22(31)26-19-10-6-5-9-18(19)24/h2-10,17H,11-14H2,1H3,(H,26,31)/t17-,23-/m1/s1. The van der Waals surface area contributed by atoms with Gasteiger partial charge in [0.25, 0.3) is 5.91 Å². The lowest BCUT2D eigenvalue weighted by atomic mass is 9.81. The Labute approximate surface area is 184 Å². The summed E-state index contributed by atoms with van der Waals surface area (Å²) in [5.74, 6) is 0.265. The van der Waals surface area contributed by atoms with E-state index in [4.69, 9.17) is 4.52 Å². The van der Waals surface area contributed by atoms with E-state index in [0.29, 0.717) is 36.9 Å². The van der Waals surface area contributed by atoms with Crippen LogP contribution in [0.4, 0.5) is 14.9 Å². The van der Waals surface area contributed by atoms with E-state index in [-0.39, 0.29) is 24.1 Å². The molecule has 2 aliphatic rings. The molecule has 0 radical (unpaired) electrons. The molecule has 2 fully saturated rings. The van der Waals surface area contributed by atoms with Crippen LogP contribution < -0.4 is 5.32 Å². The molecule has 3 heterocycles. The van der Waals surface area contributed by atoms with Crippen LogP contribution in [0.5, 0.6) is 0 Å². The number of likely N-dealkylation sites (tertiary alicyclic amines) is 2. The van der Waals surface area contributed by atoms with Crippen molar-refractivity contribution < 1.29 is 18.5 Å². The number of fused-ring (bicyclic) bond motifs is 1. The first-order valence-corrected chi connectivity index (χ1v) is 10.4. The van der Waals surface area contributed by atoms with Crippen molar-refractivity contribution in [3.05, 3.63) is 77.7 Å². The van der Waals surface area contributed by atoms with Crippen molar-refractivity contribution in [3.63, 3.8) is 0 Å². The minimum Gasteiger partial charge on any atom is -0.339 e. The first kappa shape index (κ1) is 20.2. The van der Waals surface area contributed by atoms with Crippen molar-refractivity contribution >= 4 is 17.6 Å². The predicted molar refractivity (Wildman–Crippen MR) is 114 cm³/mol. The second kappa shape index (κ2) is 7.74. The molecule has 164 valence electrons. The van der Waals surface area contributed by atoms with Gasteiger partial charge in [0, 0.05) is 37.7 Å². The number of nitrogens with one attached hydrogen (secondary N) is 1. The number of benzene rings is 2. The highest BCUT2D eigenvalue weighted by atomic mass is 19.1. The van der Waals surface area contributed by atoms with Crippen molar-refractivity contribution in [2.45, 2.75) is 12.3 Å². The Morgan fingerprint density at radius 1 is 1.06 bits per heavy atom. The maximum Gasteiger partial charge on any atom is 0.321 e. The summed E-state index contributed by atoms with van der Waals surface area (Å²) in [7, 11) is 0. The first-order chi connectivity index (χ1) is 15.5. The smallest absolute Gasteiger partial charge is 0.321 e. The fourth-order valence-corrected chi connectivity index (χ4v) is 4.70. The number of aromatic nitrogens is 2. The van der Waals surface area contributed by atoms with Crippen LogP contribution in [0, 0.1) is 18.7 Å². The molecule has 1 aromatic heterocycles. The zero-order chi connectivity index (χ0) is 22.3. The summed E-state index contributed by atoms with van der Waals surface area (Å²) in [4.78, 5) is 33.9. The number of urea groups is 1. The highest BCUT2D eigenvalue weighted by Crippen LogP contribution is 2.44. The molecule has 0 aliphatic carbocycles. The molecule has 0 unspecified atom stereocenters. The minimum absolute atomic E-state index is 0.0713. The average molecular weight is 435 g/mol. The fourth-order valence-electron chi connectivity index (χ4n) is 4.70. The zero-order valence-corrected chi connectivity index (χ0v) is 17.5. The van der Waals surface area contributed by atoms with E-state index in [2.05, 4.69) is 15.5 Å². The molecule has 5 rings (SSSR count). The van der Waals surface area contributed by atoms with E-state index in [9.17, 15) is 14.0 Å². The third-order valence-electron chi connectivity index (χ3n) is 6.27. The van der Waals surface area contributed by atoms with E-state index in [1.54, 1.807) is 41.0 Å². The monoisotopic (exact) mass is 435 g/mol. The number of halogens is 1. The normalized spacial score (nSPS) is 22.1. The Bertz CT molecular complexity index is 1170. The molecule has 0 saturated carbocycles. The van der Waals surface area contributed by atoms with Crippen LogP contribution >= 0.6 is 0 Å². The van der Waals surface area contributed by atoms with E-state index in [1.165, 1.54) is 12.1 Å². The van der Waals surface area contributed by atoms with Crippen molar-refractivity contribution in [2.75, 3.05) is 31.5 Å². The number of hydrogen-bond acceptors (Lipinski definition) is 5. The third kappa shape index (κ3) is 3.39. The van der Waals surface area contributed by atoms with E-state index in [1.807, 2.05) is 18.2 Å². The third-order valence-corrected chi connectivity index (χ3v) is 6.27. The van der Waals surface area contributed by atoms with E-state index < -0.39 is 17.3 Å². The molecular weight excluding hydrogens is 413 g/mol. The van der Waals surface area contributed by atoms with Crippen LogP contribution in [-0.2, 0) is 5.41 Å². The van der Waals surface area contributed by atoms with E-state index >= 15 is 0 Å². The lowest BCUT2D eigenvalue weighted by molar-refractivity contribution is 0.0770. The van der Waals surface area contributed by atoms with Crippen LogP contribution in [-0.4, -0.2) is 58.1 Å². The van der Waals surface area contributed by atoms with Crippen molar-refractivity contribution in [3.8, 4) is 0 Å². The van der Waals surface area contributed by atoms with Gasteiger partial charge in [-0.3, -0.25) is 4.79 Å². The van der Waals surface area contributed by atoms with Gasteiger partial charge < -0.3 is 19.6 Å². The second-order valence-electron chi connectivity index (χ2n) is 8.34. The summed E-state index contributed by atoms with van der Waals surface area (Å²) in [6.45, 7) is 3.23. The molecule has 1 N–H and O–H groups in total. The van der Waals surface area contributed by atoms with E-state index in [0.717, 1.165) is 0 Å². The number of rotatable bonds is 3. The van der Waals surface area contributed by atoms with Gasteiger partial charge in [0.05, 0.1) is 11.1 Å². The summed E-state index contributed by atoms with van der Waals surface area (Å²) >= 11 is 0. The maximum atomic E-state index is 14.0. The van der Waals surface area contributed by atoms with Crippen LogP contribution in [0.3, 0.4) is 0 Å². The Morgan fingerprint density at radius 3 is 2.47 bits per heavy atom. The number of carbonyl (C=O) groups excluding carboxylic acids is 2. The van der Waals surface area contributed by atoms with Gasteiger partial charge in [0.2, 0.25) is 5.89 Å². The summed E-state index contributed by atoms with van der Waals surface area (Å²) in [5.41, 5.74) is 0.0646. The Kier molecular flexibility index (Phi) is 4.88. The van der Waals surface area contributed by atoms with Gasteiger partial charge in [0.15, 0.2) is 5.82 Å². The molecule has 2 aliphatic heterocycles. The number of anilines is 1. The Morgan fingerprint density at radius 2 is 1.75 bits per heavy atom. The Hall–Kier alpha value is -3.75. The number of carbonyl (C=O) groups is 2.